The van der Waals surface area contributed by atoms with Crippen molar-refractivity contribution in [2.24, 2.45) is 0 Å². The van der Waals surface area contributed by atoms with Crippen LogP contribution in [0.4, 0.5) is 10.1 Å². The molecule has 0 bridgehead atoms. The van der Waals surface area contributed by atoms with E-state index in [-0.39, 0.29) is 24.4 Å². The molecule has 0 radical (unpaired) electrons. The Hall–Kier alpha value is -2.51. The van der Waals surface area contributed by atoms with E-state index in [1.165, 1.54) is 0 Å². The lowest BCUT2D eigenvalue weighted by atomic mass is 10.2. The summed E-state index contributed by atoms with van der Waals surface area (Å²) in [5.74, 6) is -1.79. The third kappa shape index (κ3) is 5.17. The molecular formula is C13H16FN3O4. The Morgan fingerprint density at radius 3 is 2.62 bits per heavy atom. The number of nitro groups is 1. The fourth-order valence-electron chi connectivity index (χ4n) is 1.54. The maximum absolute atomic E-state index is 13.1. The van der Waals surface area contributed by atoms with Gasteiger partial charge >= 0.3 is 5.69 Å². The van der Waals surface area contributed by atoms with Crippen molar-refractivity contribution in [3.8, 4) is 0 Å². The molecule has 0 saturated heterocycles. The van der Waals surface area contributed by atoms with Crippen LogP contribution < -0.4 is 10.6 Å². The van der Waals surface area contributed by atoms with Gasteiger partial charge in [-0.1, -0.05) is 6.92 Å². The molecule has 0 aliphatic carbocycles. The van der Waals surface area contributed by atoms with Crippen LogP contribution in [0.3, 0.4) is 0 Å². The molecule has 1 rings (SSSR count). The van der Waals surface area contributed by atoms with Crippen LogP contribution in [0.2, 0.25) is 0 Å². The highest BCUT2D eigenvalue weighted by Gasteiger charge is 2.17. The average molecular weight is 297 g/mol. The number of benzene rings is 1. The van der Waals surface area contributed by atoms with Crippen LogP contribution in [0.5, 0.6) is 0 Å². The normalized spacial score (nSPS) is 10.0. The van der Waals surface area contributed by atoms with Crippen molar-refractivity contribution in [2.45, 2.75) is 19.8 Å². The van der Waals surface area contributed by atoms with Gasteiger partial charge < -0.3 is 10.6 Å². The summed E-state index contributed by atoms with van der Waals surface area (Å²) in [6.07, 6.45) is 0.923. The van der Waals surface area contributed by atoms with Gasteiger partial charge in [0.15, 0.2) is 0 Å². The maximum atomic E-state index is 13.1. The zero-order valence-electron chi connectivity index (χ0n) is 11.5. The molecule has 0 heterocycles. The lowest BCUT2D eigenvalue weighted by Crippen LogP contribution is -2.31. The van der Waals surface area contributed by atoms with Crippen LogP contribution in [0, 0.1) is 15.9 Å². The maximum Gasteiger partial charge on any atom is 0.305 e. The molecule has 8 heteroatoms. The molecule has 0 aliphatic heterocycles. The van der Waals surface area contributed by atoms with Gasteiger partial charge in [-0.15, -0.1) is 0 Å². The van der Waals surface area contributed by atoms with Gasteiger partial charge in [-0.2, -0.15) is 4.39 Å². The predicted molar refractivity (Wildman–Crippen MR) is 73.3 cm³/mol. The highest BCUT2D eigenvalue weighted by Crippen LogP contribution is 2.18. The van der Waals surface area contributed by atoms with Crippen LogP contribution >= 0.6 is 0 Å². The number of hydrogen-bond acceptors (Lipinski definition) is 4. The first-order valence-corrected chi connectivity index (χ1v) is 6.44. The summed E-state index contributed by atoms with van der Waals surface area (Å²) in [4.78, 5) is 32.7. The first-order chi connectivity index (χ1) is 9.95. The van der Waals surface area contributed by atoms with E-state index in [1.54, 1.807) is 0 Å². The van der Waals surface area contributed by atoms with Gasteiger partial charge in [0, 0.05) is 31.1 Å². The smallest absolute Gasteiger partial charge is 0.305 e. The Kier molecular flexibility index (Phi) is 6.25. The zero-order valence-corrected chi connectivity index (χ0v) is 11.5. The second-order valence-electron chi connectivity index (χ2n) is 4.28. The van der Waals surface area contributed by atoms with Crippen molar-refractivity contribution in [1.82, 2.24) is 10.6 Å². The summed E-state index contributed by atoms with van der Waals surface area (Å²) < 4.78 is 13.1. The molecule has 2 amide bonds. The summed E-state index contributed by atoms with van der Waals surface area (Å²) in [6.45, 7) is 2.58. The average Bonchev–Trinajstić information content (AvgIpc) is 2.45. The van der Waals surface area contributed by atoms with Gasteiger partial charge in [0.2, 0.25) is 11.7 Å². The van der Waals surface area contributed by atoms with Crippen molar-refractivity contribution in [1.29, 1.82) is 0 Å². The second-order valence-corrected chi connectivity index (χ2v) is 4.28. The number of halogens is 1. The van der Waals surface area contributed by atoms with Crippen LogP contribution in [0.1, 0.15) is 30.1 Å². The summed E-state index contributed by atoms with van der Waals surface area (Å²) in [7, 11) is 0. The first kappa shape index (κ1) is 16.5. The number of amides is 2. The molecular weight excluding hydrogens is 281 g/mol. The Balaban J connectivity index is 2.55. The molecule has 114 valence electrons. The molecule has 0 atom stereocenters. The third-order valence-electron chi connectivity index (χ3n) is 2.61. The summed E-state index contributed by atoms with van der Waals surface area (Å²) in [5, 5.41) is 15.7. The Morgan fingerprint density at radius 2 is 2.00 bits per heavy atom. The molecule has 0 spiro atoms. The van der Waals surface area contributed by atoms with Gasteiger partial charge in [-0.25, -0.2) is 0 Å². The van der Waals surface area contributed by atoms with Crippen LogP contribution in [-0.4, -0.2) is 29.8 Å². The van der Waals surface area contributed by atoms with Gasteiger partial charge in [0.25, 0.3) is 5.91 Å². The molecule has 0 unspecified atom stereocenters. The number of nitrogens with zero attached hydrogens (tertiary/aromatic N) is 1. The predicted octanol–water partition coefficient (Wildman–Crippen LogP) is 1.38. The molecule has 0 aliphatic rings. The van der Waals surface area contributed by atoms with E-state index in [0.29, 0.717) is 6.54 Å². The minimum Gasteiger partial charge on any atom is -0.356 e. The van der Waals surface area contributed by atoms with E-state index < -0.39 is 22.3 Å². The minimum atomic E-state index is -1.00. The molecule has 0 aromatic heterocycles. The molecule has 0 fully saturated rings. The van der Waals surface area contributed by atoms with E-state index in [0.717, 1.165) is 24.6 Å². The summed E-state index contributed by atoms with van der Waals surface area (Å²) >= 11 is 0. The van der Waals surface area contributed by atoms with E-state index in [1.807, 2.05) is 6.92 Å². The van der Waals surface area contributed by atoms with Gasteiger partial charge in [-0.05, 0) is 18.6 Å². The molecule has 21 heavy (non-hydrogen) atoms. The highest BCUT2D eigenvalue weighted by atomic mass is 19.1. The van der Waals surface area contributed by atoms with Crippen molar-refractivity contribution in [3.63, 3.8) is 0 Å². The first-order valence-electron chi connectivity index (χ1n) is 6.44. The lowest BCUT2D eigenvalue weighted by Gasteiger charge is -2.06. The number of nitro benzene ring substituents is 1. The van der Waals surface area contributed by atoms with Crippen molar-refractivity contribution in [3.05, 3.63) is 39.7 Å². The molecule has 7 nitrogen and oxygen atoms in total. The van der Waals surface area contributed by atoms with E-state index >= 15 is 0 Å². The second kappa shape index (κ2) is 7.93. The van der Waals surface area contributed by atoms with Crippen molar-refractivity contribution >= 4 is 17.5 Å². The highest BCUT2D eigenvalue weighted by molar-refractivity contribution is 5.95. The standard InChI is InChI=1S/C13H16FN3O4/c1-2-6-15-12(18)5-7-16-13(19)9-3-4-10(14)11(8-9)17(20)21/h3-4,8H,2,5-7H2,1H3,(H,15,18)(H,16,19). The Bertz CT molecular complexity index is 548. The van der Waals surface area contributed by atoms with Crippen molar-refractivity contribution < 1.29 is 18.9 Å². The molecule has 1 aromatic carbocycles. The molecule has 2 N–H and O–H groups in total. The van der Waals surface area contributed by atoms with Gasteiger partial charge in [0.1, 0.15) is 0 Å². The largest absolute Gasteiger partial charge is 0.356 e. The molecule has 0 saturated carbocycles. The number of carbonyl (C=O) groups excluding carboxylic acids is 2. The zero-order chi connectivity index (χ0) is 15.8. The van der Waals surface area contributed by atoms with E-state index in [9.17, 15) is 24.1 Å². The SMILES string of the molecule is CCCNC(=O)CCNC(=O)c1ccc(F)c([N+](=O)[O-])c1. The van der Waals surface area contributed by atoms with Crippen LogP contribution in [-0.2, 0) is 4.79 Å². The fraction of sp³-hybridized carbons (Fsp3) is 0.385. The number of nitrogens with one attached hydrogen (secondary N) is 2. The lowest BCUT2D eigenvalue weighted by molar-refractivity contribution is -0.387. The number of carbonyl (C=O) groups is 2. The monoisotopic (exact) mass is 297 g/mol. The Labute approximate surface area is 120 Å². The minimum absolute atomic E-state index is 0.0305. The Morgan fingerprint density at radius 1 is 1.29 bits per heavy atom. The van der Waals surface area contributed by atoms with Gasteiger partial charge in [0.05, 0.1) is 4.92 Å². The number of hydrogen-bond donors (Lipinski definition) is 2. The van der Waals surface area contributed by atoms with Crippen molar-refractivity contribution in [2.75, 3.05) is 13.1 Å². The number of rotatable bonds is 7. The third-order valence-corrected chi connectivity index (χ3v) is 2.61. The van der Waals surface area contributed by atoms with Crippen LogP contribution in [0.25, 0.3) is 0 Å². The summed E-state index contributed by atoms with van der Waals surface area (Å²) in [6, 6.07) is 2.87. The van der Waals surface area contributed by atoms with E-state index in [2.05, 4.69) is 10.6 Å². The quantitative estimate of drug-likeness (QED) is 0.586. The summed E-state index contributed by atoms with van der Waals surface area (Å²) in [5.41, 5.74) is -0.791. The fourth-order valence-corrected chi connectivity index (χ4v) is 1.54. The molecule has 1 aromatic rings. The topological polar surface area (TPSA) is 101 Å². The van der Waals surface area contributed by atoms with Crippen LogP contribution in [0.15, 0.2) is 18.2 Å². The van der Waals surface area contributed by atoms with E-state index in [4.69, 9.17) is 0 Å². The van der Waals surface area contributed by atoms with Gasteiger partial charge in [-0.3, -0.25) is 19.7 Å².